The van der Waals surface area contributed by atoms with Crippen LogP contribution in [0.4, 0.5) is 0 Å². The van der Waals surface area contributed by atoms with Crippen LogP contribution < -0.4 is 14.8 Å². The lowest BCUT2D eigenvalue weighted by atomic mass is 9.80. The zero-order valence-electron chi connectivity index (χ0n) is 27.9. The quantitative estimate of drug-likeness (QED) is 0.159. The number of nitrogens with zero attached hydrogens (tertiary/aromatic N) is 3. The van der Waals surface area contributed by atoms with Crippen molar-refractivity contribution in [3.8, 4) is 17.2 Å². The second-order valence-corrected chi connectivity index (χ2v) is 12.4. The van der Waals surface area contributed by atoms with E-state index in [9.17, 15) is 14.7 Å². The van der Waals surface area contributed by atoms with Gasteiger partial charge in [-0.1, -0.05) is 31.0 Å². The Hall–Kier alpha value is -5.12. The van der Waals surface area contributed by atoms with Gasteiger partial charge in [-0.3, -0.25) is 9.55 Å². The maximum atomic E-state index is 13.7. The number of methoxy groups -OCH3 is 1. The number of imidazole rings is 1. The van der Waals surface area contributed by atoms with Crippen LogP contribution in [-0.4, -0.2) is 51.9 Å². The maximum absolute atomic E-state index is 13.7. The van der Waals surface area contributed by atoms with E-state index in [2.05, 4.69) is 15.3 Å². The van der Waals surface area contributed by atoms with E-state index in [1.54, 1.807) is 33.4 Å². The number of hydrogen-bond donors (Lipinski definition) is 2. The lowest BCUT2D eigenvalue weighted by Gasteiger charge is -2.31. The summed E-state index contributed by atoms with van der Waals surface area (Å²) in [5.41, 5.74) is 5.82. The molecule has 250 valence electrons. The molecule has 0 radical (unpaired) electrons. The van der Waals surface area contributed by atoms with Crippen molar-refractivity contribution >= 4 is 28.7 Å². The normalized spacial score (nSPS) is 16.7. The number of dihydropyridines is 1. The summed E-state index contributed by atoms with van der Waals surface area (Å²) < 4.78 is 19.4. The number of rotatable bonds is 12. The first kappa shape index (κ1) is 32.8. The molecule has 48 heavy (non-hydrogen) atoms. The predicted molar refractivity (Wildman–Crippen MR) is 183 cm³/mol. The molecule has 10 heteroatoms. The summed E-state index contributed by atoms with van der Waals surface area (Å²) in [6.07, 6.45) is 9.18. The van der Waals surface area contributed by atoms with E-state index in [1.165, 1.54) is 25.7 Å². The Bertz CT molecular complexity index is 1880. The average molecular weight is 651 g/mol. The fraction of sp³-hybridized carbons (Fsp3) is 0.368. The van der Waals surface area contributed by atoms with Crippen molar-refractivity contribution in [3.05, 3.63) is 94.7 Å². The first-order chi connectivity index (χ1) is 23.3. The Labute approximate surface area is 280 Å². The molecule has 6 rings (SSSR count). The highest BCUT2D eigenvalue weighted by Gasteiger charge is 2.37. The summed E-state index contributed by atoms with van der Waals surface area (Å²) in [6.45, 7) is 6.23. The summed E-state index contributed by atoms with van der Waals surface area (Å²) in [6, 6.07) is 15.5. The molecule has 0 amide bonds. The lowest BCUT2D eigenvalue weighted by molar-refractivity contribution is -0.139. The Morgan fingerprint density at radius 3 is 2.50 bits per heavy atom. The Morgan fingerprint density at radius 2 is 1.79 bits per heavy atom. The Balaban J connectivity index is 1.33. The van der Waals surface area contributed by atoms with Crippen LogP contribution in [0, 0.1) is 18.8 Å². The summed E-state index contributed by atoms with van der Waals surface area (Å²) in [5.74, 6) is 0.376. The third kappa shape index (κ3) is 6.65. The molecule has 0 bridgehead atoms. The van der Waals surface area contributed by atoms with Gasteiger partial charge in [-0.2, -0.15) is 0 Å². The van der Waals surface area contributed by atoms with E-state index in [1.807, 2.05) is 60.0 Å². The molecule has 2 aromatic carbocycles. The number of fused-ring (bicyclic) bond motifs is 1. The highest BCUT2D eigenvalue weighted by atomic mass is 16.5. The number of aromatic nitrogens is 3. The summed E-state index contributed by atoms with van der Waals surface area (Å²) in [4.78, 5) is 35.2. The second-order valence-electron chi connectivity index (χ2n) is 12.4. The third-order valence-electron chi connectivity index (χ3n) is 9.35. The standard InChI is InChI=1S/C38H42N4O6/c1-5-47-38(45)35-29(16-10-25-11-17-32(46-4)33(20-25)48-22-26-8-6-7-9-26)34(37(43)44)23(2)40-36(35)27-12-14-28(15-13-27)42-24(3)41-30-21-39-19-18-31(30)42/h11-15,17-21,26,29,40H,5-10,16,22H2,1-4H3,(H,43,44). The van der Waals surface area contributed by atoms with Gasteiger partial charge in [-0.25, -0.2) is 14.6 Å². The summed E-state index contributed by atoms with van der Waals surface area (Å²) in [7, 11) is 1.62. The number of benzene rings is 2. The number of aliphatic carboxylic acids is 1. The molecule has 1 saturated carbocycles. The smallest absolute Gasteiger partial charge is 0.336 e. The van der Waals surface area contributed by atoms with E-state index in [0.717, 1.165) is 33.7 Å². The van der Waals surface area contributed by atoms with Crippen LogP contribution in [0.15, 0.2) is 77.8 Å². The summed E-state index contributed by atoms with van der Waals surface area (Å²) >= 11 is 0. The van der Waals surface area contributed by atoms with Gasteiger partial charge in [-0.05, 0) is 93.8 Å². The van der Waals surface area contributed by atoms with Gasteiger partial charge >= 0.3 is 11.9 Å². The van der Waals surface area contributed by atoms with Crippen molar-refractivity contribution in [2.45, 2.75) is 59.3 Å². The van der Waals surface area contributed by atoms with Crippen molar-refractivity contribution in [1.82, 2.24) is 19.9 Å². The van der Waals surface area contributed by atoms with Crippen molar-refractivity contribution in [3.63, 3.8) is 0 Å². The molecule has 1 fully saturated rings. The predicted octanol–water partition coefficient (Wildman–Crippen LogP) is 6.79. The van der Waals surface area contributed by atoms with E-state index >= 15 is 0 Å². The minimum atomic E-state index is -1.08. The van der Waals surface area contributed by atoms with Gasteiger partial charge < -0.3 is 24.6 Å². The van der Waals surface area contributed by atoms with Gasteiger partial charge in [0.15, 0.2) is 11.5 Å². The van der Waals surface area contributed by atoms with Crippen LogP contribution in [0.2, 0.25) is 0 Å². The van der Waals surface area contributed by atoms with E-state index in [0.29, 0.717) is 53.8 Å². The molecular formula is C38H42N4O6. The molecule has 1 unspecified atom stereocenters. The molecule has 4 aromatic rings. The number of nitrogens with one attached hydrogen (secondary N) is 1. The molecule has 0 saturated heterocycles. The molecular weight excluding hydrogens is 608 g/mol. The van der Waals surface area contributed by atoms with Crippen LogP contribution in [0.1, 0.15) is 62.9 Å². The molecule has 10 nitrogen and oxygen atoms in total. The fourth-order valence-corrected chi connectivity index (χ4v) is 7.02. The minimum absolute atomic E-state index is 0.152. The largest absolute Gasteiger partial charge is 0.493 e. The molecule has 1 aliphatic heterocycles. The van der Waals surface area contributed by atoms with E-state index in [4.69, 9.17) is 14.2 Å². The first-order valence-corrected chi connectivity index (χ1v) is 16.6. The fourth-order valence-electron chi connectivity index (χ4n) is 7.02. The number of carboxylic acid groups (broad SMARTS) is 1. The van der Waals surface area contributed by atoms with Crippen LogP contribution >= 0.6 is 0 Å². The van der Waals surface area contributed by atoms with Crippen LogP contribution in [-0.2, 0) is 20.7 Å². The second kappa shape index (κ2) is 14.3. The number of hydrogen-bond acceptors (Lipinski definition) is 8. The van der Waals surface area contributed by atoms with Crippen LogP contribution in [0.5, 0.6) is 11.5 Å². The SMILES string of the molecule is CCOC(=O)C1=C(c2ccc(-n3c(C)nc4cnccc43)cc2)NC(C)=C(C(=O)O)C1CCc1ccc(OC)c(OCC2CCCC2)c1. The number of esters is 1. The van der Waals surface area contributed by atoms with Crippen molar-refractivity contribution in [1.29, 1.82) is 0 Å². The highest BCUT2D eigenvalue weighted by Crippen LogP contribution is 2.39. The number of pyridine rings is 1. The third-order valence-corrected chi connectivity index (χ3v) is 9.35. The first-order valence-electron chi connectivity index (χ1n) is 16.6. The number of aryl methyl sites for hydroxylation is 2. The topological polar surface area (TPSA) is 125 Å². The number of carboxylic acids is 1. The molecule has 2 aromatic heterocycles. The monoisotopic (exact) mass is 650 g/mol. The number of carbonyl (C=O) groups excluding carboxylic acids is 1. The van der Waals surface area contributed by atoms with Crippen molar-refractivity contribution in [2.75, 3.05) is 20.3 Å². The molecule has 0 spiro atoms. The lowest BCUT2D eigenvalue weighted by Crippen LogP contribution is -2.33. The van der Waals surface area contributed by atoms with Gasteiger partial charge in [0.25, 0.3) is 0 Å². The Morgan fingerprint density at radius 1 is 1.02 bits per heavy atom. The van der Waals surface area contributed by atoms with Gasteiger partial charge in [-0.15, -0.1) is 0 Å². The number of carbonyl (C=O) groups is 2. The summed E-state index contributed by atoms with van der Waals surface area (Å²) in [5, 5.41) is 13.6. The van der Waals surface area contributed by atoms with Gasteiger partial charge in [0, 0.05) is 23.5 Å². The molecule has 2 N–H and O–H groups in total. The highest BCUT2D eigenvalue weighted by molar-refractivity contribution is 6.03. The molecule has 2 aliphatic rings. The van der Waals surface area contributed by atoms with E-state index in [-0.39, 0.29) is 12.2 Å². The molecule has 1 atom stereocenters. The Kier molecular flexibility index (Phi) is 9.80. The number of allylic oxidation sites excluding steroid dienone is 1. The maximum Gasteiger partial charge on any atom is 0.336 e. The van der Waals surface area contributed by atoms with E-state index < -0.39 is 17.9 Å². The zero-order chi connectivity index (χ0) is 33.8. The van der Waals surface area contributed by atoms with Gasteiger partial charge in [0.1, 0.15) is 11.3 Å². The van der Waals surface area contributed by atoms with Gasteiger partial charge in [0.2, 0.25) is 0 Å². The van der Waals surface area contributed by atoms with Crippen molar-refractivity contribution in [2.24, 2.45) is 11.8 Å². The van der Waals surface area contributed by atoms with Crippen LogP contribution in [0.25, 0.3) is 22.4 Å². The molecule has 1 aliphatic carbocycles. The number of ether oxygens (including phenoxy) is 3. The van der Waals surface area contributed by atoms with Crippen LogP contribution in [0.3, 0.4) is 0 Å². The van der Waals surface area contributed by atoms with Gasteiger partial charge in [0.05, 0.1) is 48.9 Å². The minimum Gasteiger partial charge on any atom is -0.493 e. The van der Waals surface area contributed by atoms with Crippen molar-refractivity contribution < 1.29 is 28.9 Å². The molecule has 3 heterocycles. The zero-order valence-corrected chi connectivity index (χ0v) is 27.9. The average Bonchev–Trinajstić information content (AvgIpc) is 3.73.